The standard InChI is InChI=1S/C23H16ClNO7/c24-18-7-1-15(2-8-18)13-22(27)31-14-21(26)16-5-11-20(12-6-16)32-23(28)17-3-9-19(10-4-17)25(29)30/h1-12H,13-14H2. The summed E-state index contributed by atoms with van der Waals surface area (Å²) in [6, 6.07) is 17.4. The number of nitro benzene ring substituents is 1. The average molecular weight is 454 g/mol. The molecule has 0 aliphatic heterocycles. The van der Waals surface area contributed by atoms with E-state index < -0.39 is 29.3 Å². The van der Waals surface area contributed by atoms with Crippen LogP contribution in [-0.4, -0.2) is 29.3 Å². The fourth-order valence-electron chi connectivity index (χ4n) is 2.64. The summed E-state index contributed by atoms with van der Waals surface area (Å²) in [7, 11) is 0. The molecule has 0 fully saturated rings. The van der Waals surface area contributed by atoms with E-state index in [9.17, 15) is 24.5 Å². The largest absolute Gasteiger partial charge is 0.457 e. The summed E-state index contributed by atoms with van der Waals surface area (Å²) in [6.07, 6.45) is 0.0159. The molecule has 0 heterocycles. The van der Waals surface area contributed by atoms with Gasteiger partial charge in [-0.2, -0.15) is 0 Å². The molecule has 0 aliphatic rings. The van der Waals surface area contributed by atoms with Gasteiger partial charge < -0.3 is 9.47 Å². The number of Topliss-reactive ketones (excluding diaryl/α,β-unsaturated/α-hetero) is 1. The number of ketones is 1. The molecule has 32 heavy (non-hydrogen) atoms. The van der Waals surface area contributed by atoms with Crippen LogP contribution in [0.2, 0.25) is 5.02 Å². The van der Waals surface area contributed by atoms with Crippen molar-refractivity contribution in [2.75, 3.05) is 6.61 Å². The number of nitrogens with zero attached hydrogens (tertiary/aromatic N) is 1. The van der Waals surface area contributed by atoms with Gasteiger partial charge in [0.1, 0.15) is 5.75 Å². The smallest absolute Gasteiger partial charge is 0.343 e. The Morgan fingerprint density at radius 1 is 0.844 bits per heavy atom. The van der Waals surface area contributed by atoms with Crippen molar-refractivity contribution in [1.82, 2.24) is 0 Å². The van der Waals surface area contributed by atoms with E-state index >= 15 is 0 Å². The summed E-state index contributed by atoms with van der Waals surface area (Å²) in [5, 5.41) is 11.2. The lowest BCUT2D eigenvalue weighted by atomic mass is 10.1. The zero-order chi connectivity index (χ0) is 23.1. The second-order valence-corrected chi connectivity index (χ2v) is 7.04. The molecule has 0 atom stereocenters. The second kappa shape index (κ2) is 10.3. The van der Waals surface area contributed by atoms with Gasteiger partial charge in [-0.15, -0.1) is 0 Å². The van der Waals surface area contributed by atoms with Gasteiger partial charge >= 0.3 is 11.9 Å². The molecule has 0 bridgehead atoms. The Morgan fingerprint density at radius 2 is 1.44 bits per heavy atom. The fraction of sp³-hybridized carbons (Fsp3) is 0.0870. The van der Waals surface area contributed by atoms with Gasteiger partial charge in [0.15, 0.2) is 12.4 Å². The minimum absolute atomic E-state index is 0.0159. The van der Waals surface area contributed by atoms with Crippen molar-refractivity contribution in [2.24, 2.45) is 0 Å². The maximum atomic E-state index is 12.2. The van der Waals surface area contributed by atoms with E-state index in [2.05, 4.69) is 0 Å². The quantitative estimate of drug-likeness (QED) is 0.163. The summed E-state index contributed by atoms with van der Waals surface area (Å²) in [5.41, 5.74) is 0.993. The lowest BCUT2D eigenvalue weighted by Gasteiger charge is -2.07. The van der Waals surface area contributed by atoms with Gasteiger partial charge in [0.2, 0.25) is 0 Å². The maximum absolute atomic E-state index is 12.2. The highest BCUT2D eigenvalue weighted by Gasteiger charge is 2.14. The normalized spacial score (nSPS) is 10.3. The molecule has 0 saturated heterocycles. The predicted octanol–water partition coefficient (Wildman–Crippen LogP) is 4.44. The highest BCUT2D eigenvalue weighted by Crippen LogP contribution is 2.17. The highest BCUT2D eigenvalue weighted by atomic mass is 35.5. The molecule has 162 valence electrons. The van der Waals surface area contributed by atoms with Gasteiger partial charge in [-0.1, -0.05) is 23.7 Å². The molecular weight excluding hydrogens is 438 g/mol. The number of hydrogen-bond acceptors (Lipinski definition) is 7. The van der Waals surface area contributed by atoms with Crippen LogP contribution in [0.3, 0.4) is 0 Å². The number of hydrogen-bond donors (Lipinski definition) is 0. The predicted molar refractivity (Wildman–Crippen MR) is 115 cm³/mol. The van der Waals surface area contributed by atoms with Crippen LogP contribution in [-0.2, 0) is 16.0 Å². The van der Waals surface area contributed by atoms with E-state index in [4.69, 9.17) is 21.1 Å². The first-order chi connectivity index (χ1) is 15.3. The molecule has 8 nitrogen and oxygen atoms in total. The fourth-order valence-corrected chi connectivity index (χ4v) is 2.77. The summed E-state index contributed by atoms with van der Waals surface area (Å²) in [5.74, 6) is -1.48. The molecule has 0 amide bonds. The number of carbonyl (C=O) groups excluding carboxylic acids is 3. The summed E-state index contributed by atoms with van der Waals surface area (Å²) < 4.78 is 10.2. The Hall–Kier alpha value is -4.04. The van der Waals surface area contributed by atoms with E-state index in [1.165, 1.54) is 48.5 Å². The number of nitro groups is 1. The second-order valence-electron chi connectivity index (χ2n) is 6.60. The van der Waals surface area contributed by atoms with E-state index in [1.807, 2.05) is 0 Å². The monoisotopic (exact) mass is 453 g/mol. The molecular formula is C23H16ClNO7. The number of benzene rings is 3. The van der Waals surface area contributed by atoms with E-state index in [0.717, 1.165) is 0 Å². The molecule has 0 unspecified atom stereocenters. The van der Waals surface area contributed by atoms with E-state index in [1.54, 1.807) is 24.3 Å². The van der Waals surface area contributed by atoms with Crippen LogP contribution in [0.4, 0.5) is 5.69 Å². The van der Waals surface area contributed by atoms with Gasteiger partial charge in [-0.25, -0.2) is 4.79 Å². The molecule has 0 N–H and O–H groups in total. The van der Waals surface area contributed by atoms with Gasteiger partial charge in [-0.3, -0.25) is 19.7 Å². The SMILES string of the molecule is O=C(Cc1ccc(Cl)cc1)OCC(=O)c1ccc(OC(=O)c2ccc([N+](=O)[O-])cc2)cc1. The van der Waals surface area contributed by atoms with Crippen LogP contribution in [0.15, 0.2) is 72.8 Å². The van der Waals surface area contributed by atoms with Gasteiger partial charge in [0.05, 0.1) is 16.9 Å². The summed E-state index contributed by atoms with van der Waals surface area (Å²) >= 11 is 5.79. The zero-order valence-electron chi connectivity index (χ0n) is 16.5. The minimum Gasteiger partial charge on any atom is -0.457 e. The molecule has 0 aromatic heterocycles. The Kier molecular flexibility index (Phi) is 7.30. The number of halogens is 1. The average Bonchev–Trinajstić information content (AvgIpc) is 2.79. The van der Waals surface area contributed by atoms with Crippen LogP contribution >= 0.6 is 11.6 Å². The van der Waals surface area contributed by atoms with E-state index in [0.29, 0.717) is 10.6 Å². The lowest BCUT2D eigenvalue weighted by molar-refractivity contribution is -0.384. The molecule has 0 spiro atoms. The van der Waals surface area contributed by atoms with Gasteiger partial charge in [0, 0.05) is 22.7 Å². The molecule has 3 aromatic carbocycles. The Morgan fingerprint density at radius 3 is 2.03 bits per heavy atom. The number of ether oxygens (including phenoxy) is 2. The highest BCUT2D eigenvalue weighted by molar-refractivity contribution is 6.30. The molecule has 0 saturated carbocycles. The van der Waals surface area contributed by atoms with Gasteiger partial charge in [0.25, 0.3) is 5.69 Å². The Balaban J connectivity index is 1.51. The zero-order valence-corrected chi connectivity index (χ0v) is 17.3. The van der Waals surface area contributed by atoms with Crippen molar-refractivity contribution in [3.05, 3.63) is 105 Å². The number of carbonyl (C=O) groups is 3. The third kappa shape index (κ3) is 6.23. The first-order valence-corrected chi connectivity index (χ1v) is 9.69. The summed E-state index contributed by atoms with van der Waals surface area (Å²) in [6.45, 7) is -0.422. The van der Waals surface area contributed by atoms with Crippen molar-refractivity contribution >= 4 is 35.0 Å². The minimum atomic E-state index is -0.699. The maximum Gasteiger partial charge on any atom is 0.343 e. The lowest BCUT2D eigenvalue weighted by Crippen LogP contribution is -2.15. The number of rotatable bonds is 8. The first-order valence-electron chi connectivity index (χ1n) is 9.32. The van der Waals surface area contributed by atoms with Crippen LogP contribution in [0.5, 0.6) is 5.75 Å². The topological polar surface area (TPSA) is 113 Å². The van der Waals surface area contributed by atoms with Crippen molar-refractivity contribution in [3.8, 4) is 5.75 Å². The van der Waals surface area contributed by atoms with Crippen LogP contribution in [0.25, 0.3) is 0 Å². The molecule has 3 rings (SSSR count). The molecule has 0 aliphatic carbocycles. The third-order valence-corrected chi connectivity index (χ3v) is 4.58. The van der Waals surface area contributed by atoms with Crippen molar-refractivity contribution in [1.29, 1.82) is 0 Å². The van der Waals surface area contributed by atoms with Crippen LogP contribution < -0.4 is 4.74 Å². The first kappa shape index (κ1) is 22.6. The summed E-state index contributed by atoms with van der Waals surface area (Å²) in [4.78, 5) is 46.4. The van der Waals surface area contributed by atoms with Crippen molar-refractivity contribution in [2.45, 2.75) is 6.42 Å². The van der Waals surface area contributed by atoms with Gasteiger partial charge in [-0.05, 0) is 54.1 Å². The third-order valence-electron chi connectivity index (χ3n) is 4.33. The van der Waals surface area contributed by atoms with Crippen molar-refractivity contribution < 1.29 is 28.8 Å². The van der Waals surface area contributed by atoms with Crippen LogP contribution in [0.1, 0.15) is 26.3 Å². The number of non-ortho nitro benzene ring substituents is 1. The van der Waals surface area contributed by atoms with Crippen molar-refractivity contribution in [3.63, 3.8) is 0 Å². The Bertz CT molecular complexity index is 1140. The molecule has 3 aromatic rings. The molecule has 0 radical (unpaired) electrons. The number of esters is 2. The Labute approximate surface area is 187 Å². The van der Waals surface area contributed by atoms with Crippen LogP contribution in [0, 0.1) is 10.1 Å². The van der Waals surface area contributed by atoms with E-state index in [-0.39, 0.29) is 29.0 Å². The molecule has 9 heteroatoms.